The van der Waals surface area contributed by atoms with Gasteiger partial charge in [0.25, 0.3) is 0 Å². The molecule has 1 aromatic rings. The first-order valence-corrected chi connectivity index (χ1v) is 11.3. The monoisotopic (exact) mass is 399 g/mol. The number of rotatable bonds is 7. The molecule has 5 nitrogen and oxygen atoms in total. The van der Waals surface area contributed by atoms with Gasteiger partial charge in [-0.15, -0.1) is 0 Å². The average Bonchev–Trinajstić information content (AvgIpc) is 3.13. The molecule has 0 saturated carbocycles. The van der Waals surface area contributed by atoms with Gasteiger partial charge in [-0.3, -0.25) is 14.7 Å². The summed E-state index contributed by atoms with van der Waals surface area (Å²) < 4.78 is 6.12. The number of ether oxygens (including phenoxy) is 1. The van der Waals surface area contributed by atoms with Crippen molar-refractivity contribution < 1.29 is 9.53 Å². The van der Waals surface area contributed by atoms with E-state index < -0.39 is 5.44 Å². The lowest BCUT2D eigenvalue weighted by atomic mass is 9.50. The summed E-state index contributed by atoms with van der Waals surface area (Å²) in [6, 6.07) is 6.16. The molecule has 29 heavy (non-hydrogen) atoms. The lowest BCUT2D eigenvalue weighted by Gasteiger charge is -2.43. The summed E-state index contributed by atoms with van der Waals surface area (Å²) in [7, 11) is 3.08. The Hall–Kier alpha value is -1.24. The normalized spacial score (nSPS) is 27.8. The number of ketones is 1. The molecular formula is C23H38BN3O2. The molecule has 2 atom stereocenters. The van der Waals surface area contributed by atoms with E-state index in [1.165, 1.54) is 6.42 Å². The molecular weight excluding hydrogens is 361 g/mol. The number of carbonyl (C=O) groups excluding carboxylic acids is 1. The highest BCUT2D eigenvalue weighted by Crippen LogP contribution is 2.37. The lowest BCUT2D eigenvalue weighted by molar-refractivity contribution is -0.0299. The molecule has 1 aromatic heterocycles. The Labute approximate surface area is 177 Å². The molecule has 3 rings (SSSR count). The fourth-order valence-electron chi connectivity index (χ4n) is 5.03. The third kappa shape index (κ3) is 5.28. The van der Waals surface area contributed by atoms with E-state index >= 15 is 0 Å². The minimum Gasteiger partial charge on any atom is -0.376 e. The van der Waals surface area contributed by atoms with Crippen LogP contribution in [0.4, 0.5) is 0 Å². The summed E-state index contributed by atoms with van der Waals surface area (Å²) in [6.07, 6.45) is 5.69. The summed E-state index contributed by atoms with van der Waals surface area (Å²) in [5.74, 6) is 0.883. The molecule has 0 N–H and O–H groups in total. The van der Waals surface area contributed by atoms with E-state index in [-0.39, 0.29) is 11.4 Å². The van der Waals surface area contributed by atoms with Gasteiger partial charge in [-0.05, 0) is 64.8 Å². The largest absolute Gasteiger partial charge is 0.376 e. The van der Waals surface area contributed by atoms with E-state index in [1.807, 2.05) is 18.2 Å². The van der Waals surface area contributed by atoms with Gasteiger partial charge in [-0.1, -0.05) is 26.2 Å². The third-order valence-corrected chi connectivity index (χ3v) is 6.72. The quantitative estimate of drug-likeness (QED) is 0.521. The van der Waals surface area contributed by atoms with Gasteiger partial charge in [-0.25, -0.2) is 0 Å². The van der Waals surface area contributed by atoms with Crippen LogP contribution in [0.2, 0.25) is 6.32 Å². The Kier molecular flexibility index (Phi) is 7.18. The summed E-state index contributed by atoms with van der Waals surface area (Å²) in [5, 5.41) is 0. The molecule has 0 radical (unpaired) electrons. The zero-order chi connectivity index (χ0) is 21.1. The maximum atomic E-state index is 13.9. The van der Waals surface area contributed by atoms with Crippen LogP contribution < -0.4 is 0 Å². The second-order valence-electron chi connectivity index (χ2n) is 10.0. The lowest BCUT2D eigenvalue weighted by Crippen LogP contribution is -2.60. The molecule has 0 unspecified atom stereocenters. The minimum atomic E-state index is -0.526. The van der Waals surface area contributed by atoms with E-state index in [0.717, 1.165) is 52.7 Å². The second-order valence-corrected chi connectivity index (χ2v) is 10.0. The highest BCUT2D eigenvalue weighted by Gasteiger charge is 2.51. The van der Waals surface area contributed by atoms with E-state index in [1.54, 1.807) is 6.20 Å². The van der Waals surface area contributed by atoms with Crippen LogP contribution in [0.25, 0.3) is 0 Å². The number of likely N-dealkylation sites (tertiary alicyclic amines) is 1. The van der Waals surface area contributed by atoms with E-state index in [4.69, 9.17) is 4.74 Å². The first-order valence-electron chi connectivity index (χ1n) is 11.3. The molecule has 2 aliphatic heterocycles. The van der Waals surface area contributed by atoms with Crippen molar-refractivity contribution in [1.82, 2.24) is 14.8 Å². The van der Waals surface area contributed by atoms with Gasteiger partial charge in [0.1, 0.15) is 5.69 Å². The SMILES string of the molecule is CC(C)CCN(C)[C@H]1CCN([C@]2(C(=O)c3ccccn3)BCCOC(C)(C)C2)C1. The topological polar surface area (TPSA) is 45.7 Å². The molecule has 2 aliphatic rings. The molecule has 6 heteroatoms. The minimum absolute atomic E-state index is 0.169. The van der Waals surface area contributed by atoms with Crippen LogP contribution in [-0.4, -0.2) is 78.2 Å². The van der Waals surface area contributed by atoms with Crippen molar-refractivity contribution in [2.75, 3.05) is 33.3 Å². The predicted molar refractivity (Wildman–Crippen MR) is 120 cm³/mol. The number of carbonyl (C=O) groups is 1. The second kappa shape index (κ2) is 9.28. The van der Waals surface area contributed by atoms with E-state index in [9.17, 15) is 4.79 Å². The smallest absolute Gasteiger partial charge is 0.193 e. The Morgan fingerprint density at radius 1 is 1.41 bits per heavy atom. The fraction of sp³-hybridized carbons (Fsp3) is 0.739. The average molecular weight is 399 g/mol. The van der Waals surface area contributed by atoms with Crippen LogP contribution in [0.3, 0.4) is 0 Å². The molecule has 2 fully saturated rings. The molecule has 0 bridgehead atoms. The first-order chi connectivity index (χ1) is 13.7. The van der Waals surface area contributed by atoms with Gasteiger partial charge in [0.2, 0.25) is 0 Å². The van der Waals surface area contributed by atoms with Crippen molar-refractivity contribution in [2.24, 2.45) is 5.92 Å². The van der Waals surface area contributed by atoms with E-state index in [0.29, 0.717) is 17.7 Å². The third-order valence-electron chi connectivity index (χ3n) is 6.72. The maximum absolute atomic E-state index is 13.9. The predicted octanol–water partition coefficient (Wildman–Crippen LogP) is 3.07. The van der Waals surface area contributed by atoms with Crippen molar-refractivity contribution in [1.29, 1.82) is 0 Å². The molecule has 160 valence electrons. The molecule has 3 heterocycles. The van der Waals surface area contributed by atoms with Crippen LogP contribution in [0.15, 0.2) is 24.4 Å². The Morgan fingerprint density at radius 3 is 2.90 bits per heavy atom. The number of likely N-dealkylation sites (N-methyl/N-ethyl adjacent to an activating group) is 1. The highest BCUT2D eigenvalue weighted by atomic mass is 16.5. The summed E-state index contributed by atoms with van der Waals surface area (Å²) in [4.78, 5) is 23.3. The van der Waals surface area contributed by atoms with Gasteiger partial charge in [0.05, 0.1) is 11.0 Å². The Bertz CT molecular complexity index is 682. The van der Waals surface area contributed by atoms with Crippen molar-refractivity contribution >= 4 is 13.1 Å². The molecule has 0 aromatic carbocycles. The van der Waals surface area contributed by atoms with Crippen molar-refractivity contribution in [3.8, 4) is 0 Å². The van der Waals surface area contributed by atoms with Crippen molar-refractivity contribution in [3.63, 3.8) is 0 Å². The highest BCUT2D eigenvalue weighted by molar-refractivity contribution is 6.49. The number of pyridine rings is 1. The Balaban J connectivity index is 1.85. The summed E-state index contributed by atoms with van der Waals surface area (Å²) >= 11 is 0. The summed E-state index contributed by atoms with van der Waals surface area (Å²) in [5.41, 5.74) is -0.258. The summed E-state index contributed by atoms with van der Waals surface area (Å²) in [6.45, 7) is 12.6. The first kappa shape index (κ1) is 22.5. The van der Waals surface area contributed by atoms with Gasteiger partial charge in [-0.2, -0.15) is 0 Å². The standard InChI is InChI=1S/C23H38BN3O2/c1-18(2)9-13-26(5)19-10-14-27(16-19)23(17-22(3,4)29-15-11-24-23)21(28)20-8-6-7-12-25-20/h6-8,12,18-19,24H,9-11,13-17H2,1-5H3/t19-,23+/m0/s1. The van der Waals surface area contributed by atoms with Gasteiger partial charge in [0.15, 0.2) is 13.1 Å². The molecule has 0 spiro atoms. The van der Waals surface area contributed by atoms with Crippen LogP contribution in [0.5, 0.6) is 0 Å². The van der Waals surface area contributed by atoms with Crippen molar-refractivity contribution in [2.45, 2.75) is 70.4 Å². The van der Waals surface area contributed by atoms with Gasteiger partial charge in [0, 0.05) is 31.9 Å². The van der Waals surface area contributed by atoms with E-state index in [2.05, 4.69) is 49.5 Å². The van der Waals surface area contributed by atoms with Crippen molar-refractivity contribution in [3.05, 3.63) is 30.1 Å². The maximum Gasteiger partial charge on any atom is 0.193 e. The van der Waals surface area contributed by atoms with Crippen LogP contribution >= 0.6 is 0 Å². The number of hydrogen-bond donors (Lipinski definition) is 0. The molecule has 2 saturated heterocycles. The molecule has 0 aliphatic carbocycles. The number of nitrogens with zero attached hydrogens (tertiary/aromatic N) is 3. The Morgan fingerprint density at radius 2 is 2.21 bits per heavy atom. The molecule has 0 amide bonds. The zero-order valence-electron chi connectivity index (χ0n) is 19.0. The number of Topliss-reactive ketones (excluding diaryl/α,β-unsaturated/α-hetero) is 1. The number of hydrogen-bond acceptors (Lipinski definition) is 5. The fourth-order valence-corrected chi connectivity index (χ4v) is 5.03. The van der Waals surface area contributed by atoms with Gasteiger partial charge < -0.3 is 9.64 Å². The zero-order valence-corrected chi connectivity index (χ0v) is 19.0. The number of aromatic nitrogens is 1. The van der Waals surface area contributed by atoms with Crippen LogP contribution in [0.1, 0.15) is 57.4 Å². The van der Waals surface area contributed by atoms with Crippen LogP contribution in [-0.2, 0) is 4.74 Å². The van der Waals surface area contributed by atoms with Gasteiger partial charge >= 0.3 is 0 Å². The van der Waals surface area contributed by atoms with Crippen LogP contribution in [0, 0.1) is 5.92 Å².